The molecular formula is C26H35ClN4OS. The SMILES string of the molecule is CCCCCCCCOc1c(N=N)cc(Cl)c2c1sc(=NCCCC)n2Cc1ccccc1. The van der Waals surface area contributed by atoms with E-state index in [2.05, 4.69) is 35.7 Å². The van der Waals surface area contributed by atoms with E-state index in [0.29, 0.717) is 29.6 Å². The van der Waals surface area contributed by atoms with Crippen LogP contribution >= 0.6 is 22.9 Å². The van der Waals surface area contributed by atoms with Gasteiger partial charge in [-0.1, -0.05) is 106 Å². The molecule has 0 aliphatic heterocycles. The monoisotopic (exact) mass is 486 g/mol. The zero-order valence-corrected chi connectivity index (χ0v) is 21.4. The molecule has 1 aromatic heterocycles. The Morgan fingerprint density at radius 2 is 1.73 bits per heavy atom. The van der Waals surface area contributed by atoms with Crippen LogP contribution in [0.1, 0.15) is 70.8 Å². The van der Waals surface area contributed by atoms with E-state index in [1.54, 1.807) is 17.4 Å². The maximum Gasteiger partial charge on any atom is 0.186 e. The average molecular weight is 487 g/mol. The zero-order valence-electron chi connectivity index (χ0n) is 19.8. The highest BCUT2D eigenvalue weighted by atomic mass is 35.5. The van der Waals surface area contributed by atoms with E-state index < -0.39 is 0 Å². The Labute approximate surface area is 206 Å². The van der Waals surface area contributed by atoms with Crippen molar-refractivity contribution in [1.82, 2.24) is 4.57 Å². The van der Waals surface area contributed by atoms with Gasteiger partial charge in [-0.15, -0.1) is 0 Å². The molecule has 0 atom stereocenters. The molecule has 0 aliphatic carbocycles. The molecule has 0 aliphatic rings. The number of hydrogen-bond donors (Lipinski definition) is 1. The van der Waals surface area contributed by atoms with Crippen LogP contribution in [0.4, 0.5) is 5.69 Å². The molecule has 3 aromatic rings. The minimum absolute atomic E-state index is 0.478. The molecule has 0 radical (unpaired) electrons. The third kappa shape index (κ3) is 6.90. The molecule has 5 nitrogen and oxygen atoms in total. The summed E-state index contributed by atoms with van der Waals surface area (Å²) >= 11 is 8.32. The molecule has 33 heavy (non-hydrogen) atoms. The van der Waals surface area contributed by atoms with Crippen molar-refractivity contribution >= 4 is 38.8 Å². The van der Waals surface area contributed by atoms with Crippen molar-refractivity contribution in [2.24, 2.45) is 10.1 Å². The minimum Gasteiger partial charge on any atom is -0.490 e. The lowest BCUT2D eigenvalue weighted by Crippen LogP contribution is -2.16. The van der Waals surface area contributed by atoms with Crippen LogP contribution < -0.4 is 9.54 Å². The topological polar surface area (TPSA) is 62.7 Å². The second kappa shape index (κ2) is 13.5. The summed E-state index contributed by atoms with van der Waals surface area (Å²) in [6, 6.07) is 12.1. The molecular weight excluding hydrogens is 452 g/mol. The zero-order chi connectivity index (χ0) is 23.5. The number of nitrogens with one attached hydrogen (secondary N) is 1. The summed E-state index contributed by atoms with van der Waals surface area (Å²) in [5.74, 6) is 0.654. The minimum atomic E-state index is 0.478. The third-order valence-electron chi connectivity index (χ3n) is 5.64. The van der Waals surface area contributed by atoms with Gasteiger partial charge in [0, 0.05) is 6.54 Å². The van der Waals surface area contributed by atoms with Crippen LogP contribution in [-0.2, 0) is 6.54 Å². The van der Waals surface area contributed by atoms with Gasteiger partial charge in [0.1, 0.15) is 10.4 Å². The van der Waals surface area contributed by atoms with E-state index in [4.69, 9.17) is 26.9 Å². The molecule has 2 aromatic carbocycles. The van der Waals surface area contributed by atoms with Crippen LogP contribution in [0.2, 0.25) is 5.02 Å². The van der Waals surface area contributed by atoms with Crippen LogP contribution in [0.3, 0.4) is 0 Å². The Hall–Kier alpha value is -2.18. The van der Waals surface area contributed by atoms with E-state index in [9.17, 15) is 0 Å². The number of aromatic nitrogens is 1. The number of nitrogens with zero attached hydrogens (tertiary/aromatic N) is 3. The maximum atomic E-state index is 7.69. The first kappa shape index (κ1) is 25.4. The molecule has 0 bridgehead atoms. The predicted molar refractivity (Wildman–Crippen MR) is 139 cm³/mol. The van der Waals surface area contributed by atoms with Gasteiger partial charge in [0.05, 0.1) is 23.7 Å². The second-order valence-corrected chi connectivity index (χ2v) is 9.69. The van der Waals surface area contributed by atoms with Crippen molar-refractivity contribution < 1.29 is 4.74 Å². The molecule has 3 rings (SSSR count). The smallest absolute Gasteiger partial charge is 0.186 e. The van der Waals surface area contributed by atoms with Gasteiger partial charge in [-0.05, 0) is 24.5 Å². The number of ether oxygens (including phenoxy) is 1. The van der Waals surface area contributed by atoms with Gasteiger partial charge in [0.2, 0.25) is 0 Å². The fourth-order valence-corrected chi connectivity index (χ4v) is 5.35. The fraction of sp³-hybridized carbons (Fsp3) is 0.500. The first-order valence-electron chi connectivity index (χ1n) is 12.1. The number of thiazole rings is 1. The van der Waals surface area contributed by atoms with Gasteiger partial charge in [-0.2, -0.15) is 5.11 Å². The van der Waals surface area contributed by atoms with Crippen molar-refractivity contribution in [2.75, 3.05) is 13.2 Å². The summed E-state index contributed by atoms with van der Waals surface area (Å²) in [4.78, 5) is 5.82. The Morgan fingerprint density at radius 3 is 2.45 bits per heavy atom. The first-order valence-corrected chi connectivity index (χ1v) is 13.3. The van der Waals surface area contributed by atoms with Gasteiger partial charge in [0.25, 0.3) is 0 Å². The van der Waals surface area contributed by atoms with Gasteiger partial charge in [0.15, 0.2) is 10.6 Å². The largest absolute Gasteiger partial charge is 0.490 e. The fourth-order valence-electron chi connectivity index (χ4n) is 3.82. The van der Waals surface area contributed by atoms with Gasteiger partial charge in [-0.25, -0.2) is 5.53 Å². The van der Waals surface area contributed by atoms with Crippen molar-refractivity contribution in [1.29, 1.82) is 5.53 Å². The lowest BCUT2D eigenvalue weighted by Gasteiger charge is -2.12. The lowest BCUT2D eigenvalue weighted by molar-refractivity contribution is 0.309. The number of fused-ring (bicyclic) bond motifs is 1. The van der Waals surface area contributed by atoms with Crippen molar-refractivity contribution in [3.05, 3.63) is 51.8 Å². The van der Waals surface area contributed by atoms with Crippen LogP contribution in [0.25, 0.3) is 10.2 Å². The molecule has 1 heterocycles. The van der Waals surface area contributed by atoms with E-state index >= 15 is 0 Å². The first-order chi connectivity index (χ1) is 16.2. The number of benzene rings is 2. The summed E-state index contributed by atoms with van der Waals surface area (Å²) in [7, 11) is 0. The number of rotatable bonds is 14. The van der Waals surface area contributed by atoms with Gasteiger partial charge < -0.3 is 9.30 Å². The highest BCUT2D eigenvalue weighted by Gasteiger charge is 2.19. The summed E-state index contributed by atoms with van der Waals surface area (Å²) in [5.41, 5.74) is 10.3. The van der Waals surface area contributed by atoms with Crippen molar-refractivity contribution in [3.63, 3.8) is 0 Å². The summed E-state index contributed by atoms with van der Waals surface area (Å²) in [5, 5.41) is 4.30. The highest BCUT2D eigenvalue weighted by molar-refractivity contribution is 7.17. The predicted octanol–water partition coefficient (Wildman–Crippen LogP) is 8.51. The summed E-state index contributed by atoms with van der Waals surface area (Å²) in [6.45, 7) is 6.48. The molecule has 0 saturated carbocycles. The van der Waals surface area contributed by atoms with E-state index in [1.165, 1.54) is 31.2 Å². The average Bonchev–Trinajstić information content (AvgIpc) is 3.19. The summed E-state index contributed by atoms with van der Waals surface area (Å²) in [6.07, 6.45) is 9.35. The highest BCUT2D eigenvalue weighted by Crippen LogP contribution is 2.42. The third-order valence-corrected chi connectivity index (χ3v) is 7.05. The second-order valence-electron chi connectivity index (χ2n) is 8.30. The Bertz CT molecular complexity index is 1090. The molecule has 1 N–H and O–H groups in total. The quantitative estimate of drug-likeness (QED) is 0.180. The molecule has 178 valence electrons. The number of unbranched alkanes of at least 4 members (excludes halogenated alkanes) is 6. The van der Waals surface area contributed by atoms with Crippen LogP contribution in [0.15, 0.2) is 46.5 Å². The standard InChI is InChI=1S/C26H35ClN4OS/c1-3-5-7-8-9-13-17-32-24-22(30-28)18-21(27)23-25(24)33-26(29-16-6-4-2)31(23)19-20-14-11-10-12-15-20/h10-12,14-15,18,28H,3-9,13,16-17,19H2,1-2H3. The molecule has 0 unspecified atom stereocenters. The summed E-state index contributed by atoms with van der Waals surface area (Å²) < 4.78 is 9.33. The lowest BCUT2D eigenvalue weighted by atomic mass is 10.1. The van der Waals surface area contributed by atoms with E-state index in [0.717, 1.165) is 47.2 Å². The van der Waals surface area contributed by atoms with Crippen molar-refractivity contribution in [2.45, 2.75) is 71.8 Å². The number of halogens is 1. The molecule has 0 amide bonds. The Kier molecular flexibility index (Phi) is 10.4. The normalized spacial score (nSPS) is 11.9. The Morgan fingerprint density at radius 1 is 1.00 bits per heavy atom. The van der Waals surface area contributed by atoms with Crippen LogP contribution in [0, 0.1) is 5.53 Å². The van der Waals surface area contributed by atoms with E-state index in [-0.39, 0.29) is 0 Å². The van der Waals surface area contributed by atoms with E-state index in [1.807, 2.05) is 18.2 Å². The Balaban J connectivity index is 1.96. The van der Waals surface area contributed by atoms with Crippen molar-refractivity contribution in [3.8, 4) is 5.75 Å². The van der Waals surface area contributed by atoms with Crippen LogP contribution in [0.5, 0.6) is 5.75 Å². The molecule has 0 fully saturated rings. The molecule has 7 heteroatoms. The maximum absolute atomic E-state index is 7.69. The van der Waals surface area contributed by atoms with Crippen LogP contribution in [-0.4, -0.2) is 17.7 Å². The van der Waals surface area contributed by atoms with Gasteiger partial charge >= 0.3 is 0 Å². The number of hydrogen-bond acceptors (Lipinski definition) is 5. The molecule has 0 spiro atoms. The van der Waals surface area contributed by atoms with Gasteiger partial charge in [-0.3, -0.25) is 4.99 Å². The molecule has 0 saturated heterocycles.